The van der Waals surface area contributed by atoms with Gasteiger partial charge in [0.2, 0.25) is 10.0 Å². The molecule has 0 atom stereocenters. The lowest BCUT2D eigenvalue weighted by Crippen LogP contribution is -2.32. The van der Waals surface area contributed by atoms with Crippen LogP contribution in [0.1, 0.15) is 12.8 Å². The Hall–Kier alpha value is -1.37. The molecule has 0 aromatic carbocycles. The van der Waals surface area contributed by atoms with Crippen LogP contribution in [0.4, 0.5) is 0 Å². The summed E-state index contributed by atoms with van der Waals surface area (Å²) in [4.78, 5) is 7.04. The Kier molecular flexibility index (Phi) is 3.08. The van der Waals surface area contributed by atoms with E-state index < -0.39 is 10.0 Å². The van der Waals surface area contributed by atoms with Crippen molar-refractivity contribution < 1.29 is 8.42 Å². The molecule has 7 heteroatoms. The molecule has 2 aromatic rings. The monoisotopic (exact) mass is 297 g/mol. The van der Waals surface area contributed by atoms with Crippen LogP contribution in [0.3, 0.4) is 0 Å². The van der Waals surface area contributed by atoms with Crippen molar-refractivity contribution in [3.8, 4) is 0 Å². The predicted octanol–water partition coefficient (Wildman–Crippen LogP) is 2.21. The molecule has 0 aliphatic heterocycles. The zero-order chi connectivity index (χ0) is 13.5. The highest BCUT2D eigenvalue weighted by atomic mass is 35.5. The third kappa shape index (κ3) is 2.27. The van der Waals surface area contributed by atoms with Gasteiger partial charge in [0.05, 0.1) is 10.4 Å². The molecule has 0 bridgehead atoms. The minimum Gasteiger partial charge on any atom is -0.345 e. The van der Waals surface area contributed by atoms with E-state index in [0.717, 1.165) is 0 Å². The van der Waals surface area contributed by atoms with Crippen molar-refractivity contribution in [2.45, 2.75) is 23.8 Å². The Balaban J connectivity index is 2.03. The molecule has 1 aliphatic rings. The van der Waals surface area contributed by atoms with Crippen LogP contribution in [-0.2, 0) is 10.0 Å². The van der Waals surface area contributed by atoms with E-state index in [4.69, 9.17) is 11.6 Å². The van der Waals surface area contributed by atoms with Gasteiger partial charge in [-0.05, 0) is 18.9 Å². The number of sulfonamides is 1. The van der Waals surface area contributed by atoms with E-state index in [1.54, 1.807) is 6.07 Å². The normalized spacial score (nSPS) is 16.5. The summed E-state index contributed by atoms with van der Waals surface area (Å²) in [6.45, 7) is 0. The number of pyridine rings is 1. The third-order valence-electron chi connectivity index (χ3n) is 3.11. The molecule has 0 saturated carbocycles. The van der Waals surface area contributed by atoms with Gasteiger partial charge < -0.3 is 4.98 Å². The van der Waals surface area contributed by atoms with Crippen molar-refractivity contribution in [1.82, 2.24) is 14.7 Å². The number of aromatic nitrogens is 2. The average molecular weight is 298 g/mol. The van der Waals surface area contributed by atoms with E-state index >= 15 is 0 Å². The van der Waals surface area contributed by atoms with Crippen molar-refractivity contribution in [3.05, 3.63) is 35.6 Å². The highest BCUT2D eigenvalue weighted by Gasteiger charge is 2.24. The molecule has 2 heterocycles. The van der Waals surface area contributed by atoms with Crippen molar-refractivity contribution in [3.63, 3.8) is 0 Å². The van der Waals surface area contributed by atoms with Crippen LogP contribution in [0.5, 0.6) is 0 Å². The van der Waals surface area contributed by atoms with Gasteiger partial charge in [-0.2, -0.15) is 0 Å². The van der Waals surface area contributed by atoms with Crippen LogP contribution < -0.4 is 4.72 Å². The largest absolute Gasteiger partial charge is 0.345 e. The summed E-state index contributed by atoms with van der Waals surface area (Å²) in [6.07, 6.45) is 8.33. The van der Waals surface area contributed by atoms with Gasteiger partial charge in [0.15, 0.2) is 0 Å². The van der Waals surface area contributed by atoms with Gasteiger partial charge in [0, 0.05) is 18.4 Å². The number of hydrogen-bond donors (Lipinski definition) is 2. The van der Waals surface area contributed by atoms with E-state index in [-0.39, 0.29) is 10.9 Å². The number of halogens is 1. The standard InChI is InChI=1S/C12H12ClN3O2S/c13-9-5-6-14-12-11(9)10(7-15-12)19(17,18)16-8-3-1-2-4-8/h1-2,5-8,16H,3-4H2,(H,14,15). The minimum atomic E-state index is -3.60. The number of hydrogen-bond acceptors (Lipinski definition) is 3. The second-order valence-corrected chi connectivity index (χ2v) is 6.52. The molecule has 19 heavy (non-hydrogen) atoms. The van der Waals surface area contributed by atoms with Gasteiger partial charge in [-0.1, -0.05) is 23.8 Å². The lowest BCUT2D eigenvalue weighted by Gasteiger charge is -2.12. The van der Waals surface area contributed by atoms with Crippen LogP contribution in [0, 0.1) is 0 Å². The van der Waals surface area contributed by atoms with Crippen LogP contribution >= 0.6 is 11.6 Å². The lowest BCUT2D eigenvalue weighted by molar-refractivity contribution is 0.558. The molecule has 0 amide bonds. The molecule has 0 spiro atoms. The number of rotatable bonds is 3. The number of H-pyrrole nitrogens is 1. The summed E-state index contributed by atoms with van der Waals surface area (Å²) in [5.74, 6) is 0. The molecule has 2 N–H and O–H groups in total. The summed E-state index contributed by atoms with van der Waals surface area (Å²) in [5.41, 5.74) is 0.470. The number of aromatic amines is 1. The van der Waals surface area contributed by atoms with E-state index in [1.165, 1.54) is 12.4 Å². The average Bonchev–Trinajstić information content (AvgIpc) is 2.97. The molecule has 0 saturated heterocycles. The van der Waals surface area contributed by atoms with Gasteiger partial charge >= 0.3 is 0 Å². The maximum absolute atomic E-state index is 12.4. The predicted molar refractivity (Wildman–Crippen MR) is 73.6 cm³/mol. The highest BCUT2D eigenvalue weighted by molar-refractivity contribution is 7.89. The Morgan fingerprint density at radius 2 is 2.11 bits per heavy atom. The van der Waals surface area contributed by atoms with Crippen molar-refractivity contribution in [2.75, 3.05) is 0 Å². The topological polar surface area (TPSA) is 74.8 Å². The fraction of sp³-hybridized carbons (Fsp3) is 0.250. The first-order chi connectivity index (χ1) is 9.08. The molecular weight excluding hydrogens is 286 g/mol. The molecule has 1 aliphatic carbocycles. The Bertz CT molecular complexity index is 743. The number of nitrogens with zero attached hydrogens (tertiary/aromatic N) is 1. The first-order valence-electron chi connectivity index (χ1n) is 5.87. The van der Waals surface area contributed by atoms with Gasteiger partial charge in [0.1, 0.15) is 10.5 Å². The minimum absolute atomic E-state index is 0.0783. The Morgan fingerprint density at radius 3 is 2.84 bits per heavy atom. The molecule has 2 aromatic heterocycles. The fourth-order valence-electron chi connectivity index (χ4n) is 2.20. The number of nitrogens with one attached hydrogen (secondary N) is 2. The maximum Gasteiger partial charge on any atom is 0.243 e. The first-order valence-corrected chi connectivity index (χ1v) is 7.73. The maximum atomic E-state index is 12.4. The second-order valence-electron chi connectivity index (χ2n) is 4.43. The molecule has 5 nitrogen and oxygen atoms in total. The van der Waals surface area contributed by atoms with Crippen molar-refractivity contribution in [1.29, 1.82) is 0 Å². The fourth-order valence-corrected chi connectivity index (χ4v) is 3.95. The lowest BCUT2D eigenvalue weighted by atomic mass is 10.3. The van der Waals surface area contributed by atoms with E-state index in [9.17, 15) is 8.42 Å². The molecule has 100 valence electrons. The summed E-state index contributed by atoms with van der Waals surface area (Å²) in [6, 6.07) is 1.50. The molecule has 0 unspecified atom stereocenters. The van der Waals surface area contributed by atoms with Crippen molar-refractivity contribution >= 4 is 32.7 Å². The number of fused-ring (bicyclic) bond motifs is 1. The third-order valence-corrected chi connectivity index (χ3v) is 4.97. The van der Waals surface area contributed by atoms with Gasteiger partial charge in [0.25, 0.3) is 0 Å². The molecular formula is C12H12ClN3O2S. The Labute approximate surface area is 115 Å². The summed E-state index contributed by atoms with van der Waals surface area (Å²) in [5, 5.41) is 0.804. The van der Waals surface area contributed by atoms with Crippen LogP contribution in [0.15, 0.2) is 35.5 Å². The van der Waals surface area contributed by atoms with Gasteiger partial charge in [-0.25, -0.2) is 18.1 Å². The molecule has 0 fully saturated rings. The summed E-state index contributed by atoms with van der Waals surface area (Å²) < 4.78 is 27.4. The van der Waals surface area contributed by atoms with Crippen molar-refractivity contribution in [2.24, 2.45) is 0 Å². The smallest absolute Gasteiger partial charge is 0.243 e. The van der Waals surface area contributed by atoms with Gasteiger partial charge in [-0.15, -0.1) is 0 Å². The quantitative estimate of drug-likeness (QED) is 0.853. The zero-order valence-electron chi connectivity index (χ0n) is 9.93. The summed E-state index contributed by atoms with van der Waals surface area (Å²) >= 11 is 6.06. The van der Waals surface area contributed by atoms with Gasteiger partial charge in [-0.3, -0.25) is 0 Å². The Morgan fingerprint density at radius 1 is 1.37 bits per heavy atom. The van der Waals surface area contributed by atoms with Crippen LogP contribution in [-0.4, -0.2) is 24.4 Å². The zero-order valence-corrected chi connectivity index (χ0v) is 11.5. The molecule has 0 radical (unpaired) electrons. The summed E-state index contributed by atoms with van der Waals surface area (Å²) in [7, 11) is -3.60. The first kappa shape index (κ1) is 12.7. The second kappa shape index (κ2) is 4.63. The van der Waals surface area contributed by atoms with E-state index in [2.05, 4.69) is 14.7 Å². The van der Waals surface area contributed by atoms with Crippen LogP contribution in [0.2, 0.25) is 5.02 Å². The SMILES string of the molecule is O=S(=O)(NC1CC=CC1)c1c[nH]c2nccc(Cl)c12. The van der Waals surface area contributed by atoms with E-state index in [1.807, 2.05) is 12.2 Å². The van der Waals surface area contributed by atoms with E-state index in [0.29, 0.717) is 28.9 Å². The highest BCUT2D eigenvalue weighted by Crippen LogP contribution is 2.28. The molecule has 3 rings (SSSR count). The van der Waals surface area contributed by atoms with Crippen LogP contribution in [0.25, 0.3) is 11.0 Å².